The summed E-state index contributed by atoms with van der Waals surface area (Å²) in [5.41, 5.74) is 0.435. The molecule has 1 unspecified atom stereocenters. The van der Waals surface area contributed by atoms with Crippen molar-refractivity contribution in [3.8, 4) is 5.75 Å². The van der Waals surface area contributed by atoms with Gasteiger partial charge in [-0.1, -0.05) is 25.4 Å². The van der Waals surface area contributed by atoms with Crippen molar-refractivity contribution in [3.63, 3.8) is 0 Å². The maximum Gasteiger partial charge on any atom is 0.341 e. The van der Waals surface area contributed by atoms with E-state index in [0.717, 1.165) is 0 Å². The van der Waals surface area contributed by atoms with E-state index in [0.29, 0.717) is 17.9 Å². The van der Waals surface area contributed by atoms with Gasteiger partial charge in [0.25, 0.3) is 0 Å². The molecule has 0 fully saturated rings. The van der Waals surface area contributed by atoms with E-state index < -0.39 is 12.6 Å². The van der Waals surface area contributed by atoms with Crippen LogP contribution < -0.4 is 4.74 Å². The van der Waals surface area contributed by atoms with Gasteiger partial charge >= 0.3 is 5.97 Å². The van der Waals surface area contributed by atoms with Crippen molar-refractivity contribution in [1.82, 2.24) is 4.90 Å². The Morgan fingerprint density at radius 1 is 1.32 bits per heavy atom. The van der Waals surface area contributed by atoms with Crippen molar-refractivity contribution in [3.05, 3.63) is 28.8 Å². The van der Waals surface area contributed by atoms with Crippen molar-refractivity contribution in [2.24, 2.45) is 11.8 Å². The molecule has 5 nitrogen and oxygen atoms in total. The Balaban J connectivity index is 2.95. The van der Waals surface area contributed by atoms with Gasteiger partial charge in [-0.25, -0.2) is 4.79 Å². The quantitative estimate of drug-likeness (QED) is 0.744. The van der Waals surface area contributed by atoms with Gasteiger partial charge in [-0.3, -0.25) is 4.79 Å². The standard InChI is InChI=1S/C16H22ClNO4/c1-10(2)13(8-18(3)4)16(21)12-6-5-11(7-14(12)17)22-9-15(19)20/h5-7,10,13H,8-9H2,1-4H3,(H,19,20). The second-order valence-electron chi connectivity index (χ2n) is 5.80. The van der Waals surface area contributed by atoms with Crippen LogP contribution in [0.2, 0.25) is 5.02 Å². The van der Waals surface area contributed by atoms with Crippen LogP contribution in [-0.4, -0.2) is 49.0 Å². The van der Waals surface area contributed by atoms with E-state index in [4.69, 9.17) is 21.4 Å². The topological polar surface area (TPSA) is 66.8 Å². The largest absolute Gasteiger partial charge is 0.482 e. The number of Topliss-reactive ketones (excluding diaryl/α,β-unsaturated/α-hetero) is 1. The molecule has 0 spiro atoms. The number of aliphatic carboxylic acids is 1. The molecule has 122 valence electrons. The number of halogens is 1. The monoisotopic (exact) mass is 327 g/mol. The minimum absolute atomic E-state index is 0.0153. The van der Waals surface area contributed by atoms with Crippen LogP contribution in [0.1, 0.15) is 24.2 Å². The zero-order valence-electron chi connectivity index (χ0n) is 13.3. The second-order valence-corrected chi connectivity index (χ2v) is 6.21. The molecule has 0 aliphatic carbocycles. The highest BCUT2D eigenvalue weighted by molar-refractivity contribution is 6.34. The van der Waals surface area contributed by atoms with Gasteiger partial charge in [-0.05, 0) is 38.2 Å². The second kappa shape index (κ2) is 8.15. The van der Waals surface area contributed by atoms with Gasteiger partial charge in [0.1, 0.15) is 5.75 Å². The van der Waals surface area contributed by atoms with E-state index in [1.165, 1.54) is 6.07 Å². The lowest BCUT2D eigenvalue weighted by Gasteiger charge is -2.23. The molecule has 0 radical (unpaired) electrons. The Labute approximate surface area is 135 Å². The van der Waals surface area contributed by atoms with E-state index in [1.54, 1.807) is 12.1 Å². The fourth-order valence-electron chi connectivity index (χ4n) is 2.12. The lowest BCUT2D eigenvalue weighted by atomic mass is 9.87. The molecule has 0 amide bonds. The summed E-state index contributed by atoms with van der Waals surface area (Å²) in [6, 6.07) is 4.63. The summed E-state index contributed by atoms with van der Waals surface area (Å²) < 4.78 is 5.05. The third-order valence-corrected chi connectivity index (χ3v) is 3.58. The van der Waals surface area contributed by atoms with Crippen LogP contribution in [0.3, 0.4) is 0 Å². The average Bonchev–Trinajstić information content (AvgIpc) is 2.41. The number of carboxylic acids is 1. The fourth-order valence-corrected chi connectivity index (χ4v) is 2.38. The lowest BCUT2D eigenvalue weighted by molar-refractivity contribution is -0.139. The molecule has 1 aromatic rings. The molecule has 0 heterocycles. The number of hydrogen-bond acceptors (Lipinski definition) is 4. The van der Waals surface area contributed by atoms with Crippen LogP contribution in [0, 0.1) is 11.8 Å². The van der Waals surface area contributed by atoms with Gasteiger partial charge in [0.2, 0.25) is 0 Å². The fraction of sp³-hybridized carbons (Fsp3) is 0.500. The molecule has 6 heteroatoms. The van der Waals surface area contributed by atoms with Crippen LogP contribution in [0.4, 0.5) is 0 Å². The maximum atomic E-state index is 12.7. The van der Waals surface area contributed by atoms with E-state index >= 15 is 0 Å². The van der Waals surface area contributed by atoms with Crippen LogP contribution in [0.25, 0.3) is 0 Å². The lowest BCUT2D eigenvalue weighted by Crippen LogP contribution is -2.31. The normalized spacial score (nSPS) is 12.5. The van der Waals surface area contributed by atoms with Crippen molar-refractivity contribution >= 4 is 23.4 Å². The molecular formula is C16H22ClNO4. The Hall–Kier alpha value is -1.59. The number of ketones is 1. The number of rotatable bonds is 8. The summed E-state index contributed by atoms with van der Waals surface area (Å²) in [5.74, 6) is -0.717. The SMILES string of the molecule is CC(C)C(CN(C)C)C(=O)c1ccc(OCC(=O)O)cc1Cl. The zero-order chi connectivity index (χ0) is 16.9. The highest BCUT2D eigenvalue weighted by Crippen LogP contribution is 2.27. The Morgan fingerprint density at radius 2 is 1.95 bits per heavy atom. The molecule has 1 N–H and O–H groups in total. The van der Waals surface area contributed by atoms with E-state index in [1.807, 2.05) is 32.8 Å². The van der Waals surface area contributed by atoms with Gasteiger partial charge in [0, 0.05) is 18.0 Å². The van der Waals surface area contributed by atoms with E-state index in [2.05, 4.69) is 0 Å². The van der Waals surface area contributed by atoms with Crippen LogP contribution in [0.15, 0.2) is 18.2 Å². The summed E-state index contributed by atoms with van der Waals surface area (Å²) in [4.78, 5) is 25.1. The summed E-state index contributed by atoms with van der Waals surface area (Å²) in [7, 11) is 3.85. The Bertz CT molecular complexity index is 543. The minimum atomic E-state index is -1.07. The van der Waals surface area contributed by atoms with Crippen LogP contribution >= 0.6 is 11.6 Å². The number of benzene rings is 1. The number of carbonyl (C=O) groups is 2. The molecule has 0 bridgehead atoms. The molecule has 1 rings (SSSR count). The number of ether oxygens (including phenoxy) is 1. The van der Waals surface area contributed by atoms with Crippen LogP contribution in [-0.2, 0) is 4.79 Å². The van der Waals surface area contributed by atoms with Gasteiger partial charge in [0.05, 0.1) is 5.02 Å². The first kappa shape index (κ1) is 18.5. The van der Waals surface area contributed by atoms with Gasteiger partial charge in [-0.15, -0.1) is 0 Å². The summed E-state index contributed by atoms with van der Waals surface area (Å²) >= 11 is 6.16. The first-order valence-electron chi connectivity index (χ1n) is 7.05. The summed E-state index contributed by atoms with van der Waals surface area (Å²) in [6.45, 7) is 4.21. The van der Waals surface area contributed by atoms with Crippen molar-refractivity contribution in [2.45, 2.75) is 13.8 Å². The van der Waals surface area contributed by atoms with E-state index in [9.17, 15) is 9.59 Å². The molecule has 0 saturated carbocycles. The maximum absolute atomic E-state index is 12.7. The number of hydrogen-bond donors (Lipinski definition) is 1. The predicted octanol–water partition coefficient (Wildman–Crippen LogP) is 2.82. The van der Waals surface area contributed by atoms with Crippen LogP contribution in [0.5, 0.6) is 5.75 Å². The molecule has 1 atom stereocenters. The molecule has 0 aliphatic rings. The van der Waals surface area contributed by atoms with E-state index in [-0.39, 0.29) is 22.6 Å². The van der Waals surface area contributed by atoms with Gasteiger partial charge in [0.15, 0.2) is 12.4 Å². The van der Waals surface area contributed by atoms with Crippen molar-refractivity contribution in [2.75, 3.05) is 27.2 Å². The number of carboxylic acid groups (broad SMARTS) is 1. The number of carbonyl (C=O) groups excluding carboxylic acids is 1. The highest BCUT2D eigenvalue weighted by Gasteiger charge is 2.25. The average molecular weight is 328 g/mol. The molecule has 1 aromatic carbocycles. The Kier molecular flexibility index (Phi) is 6.84. The molecular weight excluding hydrogens is 306 g/mol. The highest BCUT2D eigenvalue weighted by atomic mass is 35.5. The smallest absolute Gasteiger partial charge is 0.341 e. The van der Waals surface area contributed by atoms with Gasteiger partial charge < -0.3 is 14.7 Å². The first-order valence-corrected chi connectivity index (χ1v) is 7.43. The summed E-state index contributed by atoms with van der Waals surface area (Å²) in [6.07, 6.45) is 0. The van der Waals surface area contributed by atoms with Crippen molar-refractivity contribution in [1.29, 1.82) is 0 Å². The summed E-state index contributed by atoms with van der Waals surface area (Å²) in [5, 5.41) is 8.86. The zero-order valence-corrected chi connectivity index (χ0v) is 14.1. The Morgan fingerprint density at radius 3 is 2.41 bits per heavy atom. The number of nitrogens with zero attached hydrogens (tertiary/aromatic N) is 1. The van der Waals surface area contributed by atoms with Gasteiger partial charge in [-0.2, -0.15) is 0 Å². The van der Waals surface area contributed by atoms with Crippen molar-refractivity contribution < 1.29 is 19.4 Å². The predicted molar refractivity (Wildman–Crippen MR) is 85.8 cm³/mol. The first-order chi connectivity index (χ1) is 10.2. The molecule has 0 saturated heterocycles. The third kappa shape index (κ3) is 5.31. The molecule has 0 aliphatic heterocycles. The molecule has 22 heavy (non-hydrogen) atoms. The third-order valence-electron chi connectivity index (χ3n) is 3.27. The minimum Gasteiger partial charge on any atom is -0.482 e. The molecule has 0 aromatic heterocycles.